The van der Waals surface area contributed by atoms with Crippen molar-refractivity contribution in [1.29, 1.82) is 5.26 Å². The molecule has 0 spiro atoms. The number of rotatable bonds is 5. The molecule has 0 amide bonds. The van der Waals surface area contributed by atoms with Crippen LogP contribution in [0.2, 0.25) is 0 Å². The number of fused-ring (bicyclic) bond motifs is 1. The zero-order chi connectivity index (χ0) is 22.8. The standard InChI is InChI=1S/C25H25N3O4/c1-15-11-19(16(2)27-21-6-4-3-5-18(21)25(30)31)24-20(12-15)22(29)13-23(32-24)28-9-7-17(14-26)8-10-28/h3-6,11-13,16-17,27H,7-10H2,1-2H3,(H,30,31). The number of hydrogen-bond donors (Lipinski definition) is 2. The largest absolute Gasteiger partial charge is 0.478 e. The van der Waals surface area contributed by atoms with E-state index in [0.717, 1.165) is 24.0 Å². The number of aryl methyl sites for hydroxylation is 1. The van der Waals surface area contributed by atoms with Crippen molar-refractivity contribution in [2.75, 3.05) is 23.3 Å². The lowest BCUT2D eigenvalue weighted by Gasteiger charge is -2.29. The molecule has 0 saturated carbocycles. The Morgan fingerprint density at radius 1 is 1.25 bits per heavy atom. The quantitative estimate of drug-likeness (QED) is 0.602. The van der Waals surface area contributed by atoms with Crippen LogP contribution >= 0.6 is 0 Å². The molecule has 1 fully saturated rings. The van der Waals surface area contributed by atoms with E-state index >= 15 is 0 Å². The minimum atomic E-state index is -1.01. The molecule has 0 bridgehead atoms. The number of nitrogens with zero attached hydrogens (tertiary/aromatic N) is 2. The Morgan fingerprint density at radius 2 is 1.97 bits per heavy atom. The Hall–Kier alpha value is -3.79. The van der Waals surface area contributed by atoms with Crippen LogP contribution in [0.4, 0.5) is 11.6 Å². The number of nitriles is 1. The maximum absolute atomic E-state index is 13.0. The number of carbonyl (C=O) groups is 1. The Labute approximate surface area is 185 Å². The van der Waals surface area contributed by atoms with Crippen molar-refractivity contribution in [3.63, 3.8) is 0 Å². The minimum absolute atomic E-state index is 0.0372. The highest BCUT2D eigenvalue weighted by molar-refractivity contribution is 5.94. The predicted molar refractivity (Wildman–Crippen MR) is 123 cm³/mol. The first kappa shape index (κ1) is 21.4. The SMILES string of the molecule is Cc1cc(C(C)Nc2ccccc2C(=O)O)c2oc(N3CCC(C#N)CC3)cc(=O)c2c1. The van der Waals surface area contributed by atoms with Gasteiger partial charge in [0.1, 0.15) is 5.58 Å². The summed E-state index contributed by atoms with van der Waals surface area (Å²) in [5.41, 5.74) is 2.76. The summed E-state index contributed by atoms with van der Waals surface area (Å²) in [6.45, 7) is 5.15. The fourth-order valence-electron chi connectivity index (χ4n) is 4.24. The molecule has 0 radical (unpaired) electrons. The molecule has 1 saturated heterocycles. The third-order valence-electron chi connectivity index (χ3n) is 5.97. The minimum Gasteiger partial charge on any atom is -0.478 e. The Kier molecular flexibility index (Phi) is 5.87. The summed E-state index contributed by atoms with van der Waals surface area (Å²) in [5, 5.41) is 22.4. The van der Waals surface area contributed by atoms with Gasteiger partial charge in [0, 0.05) is 36.3 Å². The van der Waals surface area contributed by atoms with Gasteiger partial charge in [-0.1, -0.05) is 18.2 Å². The number of aromatic carboxylic acids is 1. The molecule has 3 aromatic rings. The van der Waals surface area contributed by atoms with E-state index in [1.54, 1.807) is 24.3 Å². The van der Waals surface area contributed by atoms with E-state index in [9.17, 15) is 14.7 Å². The molecule has 2 N–H and O–H groups in total. The number of para-hydroxylation sites is 1. The first-order chi connectivity index (χ1) is 15.4. The molecule has 7 heteroatoms. The summed E-state index contributed by atoms with van der Waals surface area (Å²) in [6, 6.07) is 14.0. The molecule has 1 aromatic heterocycles. The number of piperidine rings is 1. The number of nitrogens with one attached hydrogen (secondary N) is 1. The van der Waals surface area contributed by atoms with Gasteiger partial charge in [-0.2, -0.15) is 5.26 Å². The Balaban J connectivity index is 1.74. The number of benzene rings is 2. The highest BCUT2D eigenvalue weighted by Crippen LogP contribution is 2.31. The molecule has 7 nitrogen and oxygen atoms in total. The third-order valence-corrected chi connectivity index (χ3v) is 5.97. The molecule has 32 heavy (non-hydrogen) atoms. The summed E-state index contributed by atoms with van der Waals surface area (Å²) in [4.78, 5) is 26.6. The van der Waals surface area contributed by atoms with Crippen LogP contribution in [-0.2, 0) is 0 Å². The van der Waals surface area contributed by atoms with Crippen LogP contribution in [0, 0.1) is 24.2 Å². The van der Waals surface area contributed by atoms with E-state index in [1.165, 1.54) is 6.07 Å². The number of carboxylic acids is 1. The van der Waals surface area contributed by atoms with Gasteiger partial charge in [-0.25, -0.2) is 4.79 Å². The second-order valence-electron chi connectivity index (χ2n) is 8.29. The van der Waals surface area contributed by atoms with Gasteiger partial charge in [-0.15, -0.1) is 0 Å². The second-order valence-corrected chi connectivity index (χ2v) is 8.29. The Bertz CT molecular complexity index is 1270. The van der Waals surface area contributed by atoms with Crippen molar-refractivity contribution in [2.24, 2.45) is 5.92 Å². The fraction of sp³-hybridized carbons (Fsp3) is 0.320. The van der Waals surface area contributed by atoms with Crippen molar-refractivity contribution in [1.82, 2.24) is 0 Å². The van der Waals surface area contributed by atoms with Crippen LogP contribution in [0.15, 0.2) is 51.7 Å². The molecule has 1 aliphatic rings. The fourth-order valence-corrected chi connectivity index (χ4v) is 4.24. The van der Waals surface area contributed by atoms with Crippen LogP contribution in [-0.4, -0.2) is 24.2 Å². The van der Waals surface area contributed by atoms with Crippen LogP contribution in [0.5, 0.6) is 0 Å². The van der Waals surface area contributed by atoms with Gasteiger partial charge in [-0.05, 0) is 50.5 Å². The van der Waals surface area contributed by atoms with Crippen LogP contribution < -0.4 is 15.6 Å². The molecule has 164 valence electrons. The van der Waals surface area contributed by atoms with Crippen molar-refractivity contribution >= 4 is 28.5 Å². The summed E-state index contributed by atoms with van der Waals surface area (Å²) in [6.07, 6.45) is 1.48. The molecule has 1 unspecified atom stereocenters. The number of hydrogen-bond acceptors (Lipinski definition) is 6. The third kappa shape index (κ3) is 4.17. The van der Waals surface area contributed by atoms with E-state index < -0.39 is 5.97 Å². The zero-order valence-corrected chi connectivity index (χ0v) is 18.1. The molecule has 2 heterocycles. The molecule has 1 atom stereocenters. The average Bonchev–Trinajstić information content (AvgIpc) is 2.79. The second kappa shape index (κ2) is 8.75. The predicted octanol–water partition coefficient (Wildman–Crippen LogP) is 4.71. The van der Waals surface area contributed by atoms with Gasteiger partial charge in [0.05, 0.1) is 23.1 Å². The molecule has 4 rings (SSSR count). The van der Waals surface area contributed by atoms with Crippen molar-refractivity contribution in [3.05, 3.63) is 69.4 Å². The monoisotopic (exact) mass is 431 g/mol. The summed E-state index contributed by atoms with van der Waals surface area (Å²) < 4.78 is 6.26. The summed E-state index contributed by atoms with van der Waals surface area (Å²) in [7, 11) is 0. The van der Waals surface area contributed by atoms with Crippen LogP contribution in [0.1, 0.15) is 47.3 Å². The van der Waals surface area contributed by atoms with Gasteiger partial charge in [0.2, 0.25) is 0 Å². The van der Waals surface area contributed by atoms with E-state index in [0.29, 0.717) is 35.6 Å². The lowest BCUT2D eigenvalue weighted by molar-refractivity contribution is 0.0698. The van der Waals surface area contributed by atoms with Gasteiger partial charge < -0.3 is 19.7 Å². The first-order valence-electron chi connectivity index (χ1n) is 10.7. The maximum Gasteiger partial charge on any atom is 0.337 e. The topological polar surface area (TPSA) is 107 Å². The smallest absolute Gasteiger partial charge is 0.337 e. The highest BCUT2D eigenvalue weighted by Gasteiger charge is 2.23. The van der Waals surface area contributed by atoms with Crippen LogP contribution in [0.25, 0.3) is 11.0 Å². The molecule has 2 aromatic carbocycles. The molecule has 0 aliphatic carbocycles. The van der Waals surface area contributed by atoms with E-state index in [1.807, 2.05) is 30.9 Å². The molecular weight excluding hydrogens is 406 g/mol. The number of anilines is 2. The van der Waals surface area contributed by atoms with Gasteiger partial charge >= 0.3 is 5.97 Å². The summed E-state index contributed by atoms with van der Waals surface area (Å²) >= 11 is 0. The first-order valence-corrected chi connectivity index (χ1v) is 10.7. The lowest BCUT2D eigenvalue weighted by atomic mass is 9.98. The van der Waals surface area contributed by atoms with Gasteiger partial charge in [0.25, 0.3) is 0 Å². The van der Waals surface area contributed by atoms with E-state index in [4.69, 9.17) is 9.68 Å². The summed E-state index contributed by atoms with van der Waals surface area (Å²) in [5.74, 6) is -0.471. The van der Waals surface area contributed by atoms with E-state index in [2.05, 4.69) is 11.4 Å². The van der Waals surface area contributed by atoms with E-state index in [-0.39, 0.29) is 23.0 Å². The normalized spacial score (nSPS) is 15.3. The van der Waals surface area contributed by atoms with Crippen LogP contribution in [0.3, 0.4) is 0 Å². The average molecular weight is 431 g/mol. The van der Waals surface area contributed by atoms with Crippen molar-refractivity contribution in [3.8, 4) is 6.07 Å². The molecular formula is C25H25N3O4. The van der Waals surface area contributed by atoms with Gasteiger partial charge in [-0.3, -0.25) is 4.79 Å². The molecule has 1 aliphatic heterocycles. The lowest BCUT2D eigenvalue weighted by Crippen LogP contribution is -2.33. The zero-order valence-electron chi connectivity index (χ0n) is 18.1. The van der Waals surface area contributed by atoms with Crippen molar-refractivity contribution in [2.45, 2.75) is 32.7 Å². The van der Waals surface area contributed by atoms with Crippen molar-refractivity contribution < 1.29 is 14.3 Å². The van der Waals surface area contributed by atoms with Gasteiger partial charge in [0.15, 0.2) is 11.3 Å². The number of carboxylic acid groups (broad SMARTS) is 1. The Morgan fingerprint density at radius 3 is 2.66 bits per heavy atom. The maximum atomic E-state index is 13.0. The highest BCUT2D eigenvalue weighted by atomic mass is 16.4.